The van der Waals surface area contributed by atoms with Gasteiger partial charge in [-0.05, 0) is 45.9 Å². The van der Waals surface area contributed by atoms with E-state index in [1.807, 2.05) is 18.2 Å². The summed E-state index contributed by atoms with van der Waals surface area (Å²) in [6, 6.07) is 12.3. The van der Waals surface area contributed by atoms with Crippen molar-refractivity contribution in [1.82, 2.24) is 0 Å². The average Bonchev–Trinajstić information content (AvgIpc) is 2.54. The predicted octanol–water partition coefficient (Wildman–Crippen LogP) is 7.15. The molecule has 0 aliphatic rings. The summed E-state index contributed by atoms with van der Waals surface area (Å²) in [6.07, 6.45) is 0. The summed E-state index contributed by atoms with van der Waals surface area (Å²) in [5.74, 6) is 2.28. The van der Waals surface area contributed by atoms with Crippen LogP contribution in [0.1, 0.15) is 101 Å². The van der Waals surface area contributed by atoms with Gasteiger partial charge in [-0.25, -0.2) is 0 Å². The Kier molecular flexibility index (Phi) is 8.20. The number of nitrogens with two attached hydrogens (primary N) is 1. The summed E-state index contributed by atoms with van der Waals surface area (Å²) < 4.78 is 0. The topological polar surface area (TPSA) is 46.2 Å². The zero-order valence-electron chi connectivity index (χ0n) is 17.8. The average molecular weight is 356 g/mol. The Balaban J connectivity index is 0.000000260. The number of phenolic OH excluding ortho intramolecular Hbond substituents is 1. The minimum absolute atomic E-state index is 0.388. The molecule has 2 rings (SSSR count). The number of nitrogen functional groups attached to an aromatic ring is 1. The molecule has 2 nitrogen and oxygen atoms in total. The van der Waals surface area contributed by atoms with E-state index in [9.17, 15) is 5.11 Å². The van der Waals surface area contributed by atoms with Crippen molar-refractivity contribution in [1.29, 1.82) is 0 Å². The SMILES string of the molecule is CC(C)c1cccc(C(C)C)c1N.CC(C)c1cccc(C(C)C)c1O. The highest BCUT2D eigenvalue weighted by atomic mass is 16.3. The van der Waals surface area contributed by atoms with Crippen molar-refractivity contribution in [3.63, 3.8) is 0 Å². The monoisotopic (exact) mass is 355 g/mol. The highest BCUT2D eigenvalue weighted by molar-refractivity contribution is 5.56. The maximum absolute atomic E-state index is 9.93. The summed E-state index contributed by atoms with van der Waals surface area (Å²) >= 11 is 0. The molecule has 0 amide bonds. The van der Waals surface area contributed by atoms with E-state index in [1.165, 1.54) is 11.1 Å². The van der Waals surface area contributed by atoms with Crippen molar-refractivity contribution >= 4 is 5.69 Å². The van der Waals surface area contributed by atoms with Crippen LogP contribution in [0, 0.1) is 0 Å². The predicted molar refractivity (Wildman–Crippen MR) is 115 cm³/mol. The standard InChI is InChI=1S/C12H19N.C12H18O/c2*1-8(2)10-6-5-7-11(9(3)4)12(10)13/h5-9H,13H2,1-4H3;5-9,13H,1-4H3. The van der Waals surface area contributed by atoms with Crippen LogP contribution in [0.3, 0.4) is 0 Å². The fraction of sp³-hybridized carbons (Fsp3) is 0.500. The molecule has 26 heavy (non-hydrogen) atoms. The van der Waals surface area contributed by atoms with E-state index in [-0.39, 0.29) is 0 Å². The first-order valence-corrected chi connectivity index (χ1v) is 9.77. The lowest BCUT2D eigenvalue weighted by Crippen LogP contribution is -2.02. The van der Waals surface area contributed by atoms with Crippen LogP contribution < -0.4 is 5.73 Å². The number of phenols is 1. The van der Waals surface area contributed by atoms with Gasteiger partial charge >= 0.3 is 0 Å². The Labute approximate surface area is 160 Å². The normalized spacial score (nSPS) is 11.2. The van der Waals surface area contributed by atoms with E-state index in [1.54, 1.807) is 0 Å². The zero-order valence-corrected chi connectivity index (χ0v) is 17.8. The molecule has 0 saturated heterocycles. The molecule has 0 unspecified atom stereocenters. The molecule has 2 heteroatoms. The lowest BCUT2D eigenvalue weighted by atomic mass is 9.93. The molecule has 0 atom stereocenters. The molecule has 144 valence electrons. The summed E-state index contributed by atoms with van der Waals surface area (Å²) in [6.45, 7) is 17.1. The van der Waals surface area contributed by atoms with Crippen LogP contribution in [-0.2, 0) is 0 Å². The first-order chi connectivity index (χ1) is 12.1. The van der Waals surface area contributed by atoms with E-state index in [4.69, 9.17) is 5.73 Å². The van der Waals surface area contributed by atoms with Crippen LogP contribution >= 0.6 is 0 Å². The van der Waals surface area contributed by atoms with Crippen molar-refractivity contribution in [2.75, 3.05) is 5.73 Å². The molecule has 0 saturated carbocycles. The molecule has 0 heterocycles. The van der Waals surface area contributed by atoms with E-state index >= 15 is 0 Å². The van der Waals surface area contributed by atoms with Crippen LogP contribution in [-0.4, -0.2) is 5.11 Å². The van der Waals surface area contributed by atoms with E-state index < -0.39 is 0 Å². The van der Waals surface area contributed by atoms with Gasteiger partial charge in [0.1, 0.15) is 5.75 Å². The van der Waals surface area contributed by atoms with Crippen LogP contribution in [0.2, 0.25) is 0 Å². The third kappa shape index (κ3) is 5.52. The number of aromatic hydroxyl groups is 1. The number of benzene rings is 2. The van der Waals surface area contributed by atoms with Crippen molar-refractivity contribution in [3.8, 4) is 5.75 Å². The molecule has 2 aromatic rings. The lowest BCUT2D eigenvalue weighted by Gasteiger charge is -2.15. The number of para-hydroxylation sites is 2. The fourth-order valence-electron chi connectivity index (χ4n) is 3.12. The largest absolute Gasteiger partial charge is 0.507 e. The molecule has 0 aliphatic heterocycles. The van der Waals surface area contributed by atoms with Gasteiger partial charge in [0.25, 0.3) is 0 Å². The second-order valence-corrected chi connectivity index (χ2v) is 8.25. The Morgan fingerprint density at radius 2 is 0.846 bits per heavy atom. The van der Waals surface area contributed by atoms with Crippen molar-refractivity contribution in [2.45, 2.75) is 79.1 Å². The Hall–Kier alpha value is -1.96. The molecule has 2 aromatic carbocycles. The van der Waals surface area contributed by atoms with Crippen molar-refractivity contribution < 1.29 is 5.11 Å². The molecule has 0 bridgehead atoms. The van der Waals surface area contributed by atoms with Gasteiger partial charge in [0.05, 0.1) is 0 Å². The molecule has 0 aromatic heterocycles. The molecule has 0 spiro atoms. The maximum Gasteiger partial charge on any atom is 0.122 e. The molecule has 3 N–H and O–H groups in total. The minimum atomic E-state index is 0.388. The van der Waals surface area contributed by atoms with Gasteiger partial charge in [-0.1, -0.05) is 91.8 Å². The minimum Gasteiger partial charge on any atom is -0.507 e. The van der Waals surface area contributed by atoms with Gasteiger partial charge in [-0.2, -0.15) is 0 Å². The number of hydrogen-bond donors (Lipinski definition) is 2. The van der Waals surface area contributed by atoms with Gasteiger partial charge in [-0.3, -0.25) is 0 Å². The second kappa shape index (κ2) is 9.66. The number of hydrogen-bond acceptors (Lipinski definition) is 2. The lowest BCUT2D eigenvalue weighted by molar-refractivity contribution is 0.454. The van der Waals surface area contributed by atoms with E-state index in [0.29, 0.717) is 29.4 Å². The van der Waals surface area contributed by atoms with Crippen molar-refractivity contribution in [2.24, 2.45) is 0 Å². The molecule has 0 aliphatic carbocycles. The first-order valence-electron chi connectivity index (χ1n) is 9.77. The van der Waals surface area contributed by atoms with Crippen LogP contribution in [0.25, 0.3) is 0 Å². The van der Waals surface area contributed by atoms with E-state index in [0.717, 1.165) is 16.8 Å². The summed E-state index contributed by atoms with van der Waals surface area (Å²) in [5, 5.41) is 9.93. The molecular weight excluding hydrogens is 318 g/mol. The van der Waals surface area contributed by atoms with Crippen LogP contribution in [0.15, 0.2) is 36.4 Å². The van der Waals surface area contributed by atoms with Gasteiger partial charge in [0, 0.05) is 5.69 Å². The maximum atomic E-state index is 9.93. The van der Waals surface area contributed by atoms with E-state index in [2.05, 4.69) is 73.6 Å². The quantitative estimate of drug-likeness (QED) is 0.572. The Morgan fingerprint density at radius 1 is 0.577 bits per heavy atom. The fourth-order valence-corrected chi connectivity index (χ4v) is 3.12. The van der Waals surface area contributed by atoms with Crippen LogP contribution in [0.4, 0.5) is 5.69 Å². The van der Waals surface area contributed by atoms with Gasteiger partial charge in [0.15, 0.2) is 0 Å². The van der Waals surface area contributed by atoms with Crippen LogP contribution in [0.5, 0.6) is 5.75 Å². The highest BCUT2D eigenvalue weighted by Crippen LogP contribution is 2.33. The van der Waals surface area contributed by atoms with Gasteiger partial charge in [-0.15, -0.1) is 0 Å². The molecule has 0 radical (unpaired) electrons. The third-order valence-corrected chi connectivity index (χ3v) is 4.76. The number of anilines is 1. The highest BCUT2D eigenvalue weighted by Gasteiger charge is 2.11. The summed E-state index contributed by atoms with van der Waals surface area (Å²) in [5.41, 5.74) is 11.7. The van der Waals surface area contributed by atoms with Gasteiger partial charge in [0.2, 0.25) is 0 Å². The summed E-state index contributed by atoms with van der Waals surface area (Å²) in [7, 11) is 0. The van der Waals surface area contributed by atoms with Gasteiger partial charge < -0.3 is 10.8 Å². The molecular formula is C24H37NO. The Bertz CT molecular complexity index is 585. The Morgan fingerprint density at radius 3 is 1.12 bits per heavy atom. The second-order valence-electron chi connectivity index (χ2n) is 8.25. The zero-order chi connectivity index (χ0) is 20.0. The third-order valence-electron chi connectivity index (χ3n) is 4.76. The summed E-state index contributed by atoms with van der Waals surface area (Å²) in [4.78, 5) is 0. The first kappa shape index (κ1) is 22.1. The van der Waals surface area contributed by atoms with Crippen molar-refractivity contribution in [3.05, 3.63) is 58.7 Å². The number of rotatable bonds is 4. The molecule has 0 fully saturated rings. The smallest absolute Gasteiger partial charge is 0.122 e.